The molecular formula is H2K4O. The van der Waals surface area contributed by atoms with Gasteiger partial charge in [-0.15, -0.1) is 0 Å². The summed E-state index contributed by atoms with van der Waals surface area (Å²) in [6.45, 7) is 0. The fourth-order valence-electron chi connectivity index (χ4n) is 0. The van der Waals surface area contributed by atoms with E-state index in [0.29, 0.717) is 0 Å². The summed E-state index contributed by atoms with van der Waals surface area (Å²) in [5.41, 5.74) is 0. The Morgan fingerprint density at radius 1 is 0.400 bits per heavy atom. The molecule has 5 heavy (non-hydrogen) atoms. The molecule has 0 atom stereocenters. The Morgan fingerprint density at radius 3 is 0.400 bits per heavy atom. The molecule has 0 aromatic carbocycles. The molecule has 0 aliphatic heterocycles. The topological polar surface area (TPSA) is 31.5 Å². The van der Waals surface area contributed by atoms with Crippen LogP contribution in [-0.2, 0) is 0 Å². The molecule has 12 valence electrons. The van der Waals surface area contributed by atoms with Crippen LogP contribution in [-0.4, -0.2) is 211 Å². The Balaban J connectivity index is 0. The van der Waals surface area contributed by atoms with Crippen molar-refractivity contribution in [3.8, 4) is 0 Å². The first kappa shape index (κ1) is 30.0. The zero-order valence-electron chi connectivity index (χ0n) is 4.50. The van der Waals surface area contributed by atoms with Crippen LogP contribution in [0.1, 0.15) is 0 Å². The van der Waals surface area contributed by atoms with Crippen LogP contribution in [0.15, 0.2) is 0 Å². The summed E-state index contributed by atoms with van der Waals surface area (Å²) in [5, 5.41) is 0. The third-order valence-corrected chi connectivity index (χ3v) is 0. The maximum Gasteiger partial charge on any atom is 0 e. The molecule has 0 saturated heterocycles. The molecule has 0 bridgehead atoms. The van der Waals surface area contributed by atoms with Crippen LogP contribution in [0.5, 0.6) is 0 Å². The molecule has 4 radical (unpaired) electrons. The van der Waals surface area contributed by atoms with E-state index >= 15 is 0 Å². The second kappa shape index (κ2) is 22.4. The van der Waals surface area contributed by atoms with E-state index in [1.807, 2.05) is 0 Å². The summed E-state index contributed by atoms with van der Waals surface area (Å²) in [6.07, 6.45) is 0. The average Bonchev–Trinajstić information content (AvgIpc) is 0. The first-order valence-corrected chi connectivity index (χ1v) is 0. The number of hydrogen-bond donors (Lipinski definition) is 0. The van der Waals surface area contributed by atoms with Gasteiger partial charge in [0, 0.05) is 206 Å². The predicted molar refractivity (Wildman–Crippen MR) is 26.6 cm³/mol. The van der Waals surface area contributed by atoms with Gasteiger partial charge in [0.15, 0.2) is 0 Å². The van der Waals surface area contributed by atoms with Crippen molar-refractivity contribution in [2.45, 2.75) is 0 Å². The van der Waals surface area contributed by atoms with Gasteiger partial charge in [-0.25, -0.2) is 0 Å². The summed E-state index contributed by atoms with van der Waals surface area (Å²) in [5.74, 6) is 0. The van der Waals surface area contributed by atoms with Crippen LogP contribution in [0.4, 0.5) is 0 Å². The van der Waals surface area contributed by atoms with Crippen LogP contribution in [0.2, 0.25) is 0 Å². The van der Waals surface area contributed by atoms with Gasteiger partial charge in [0.1, 0.15) is 0 Å². The van der Waals surface area contributed by atoms with Crippen molar-refractivity contribution in [1.82, 2.24) is 0 Å². The Hall–Kier alpha value is 6.51. The van der Waals surface area contributed by atoms with E-state index in [0.717, 1.165) is 0 Å². The van der Waals surface area contributed by atoms with E-state index in [-0.39, 0.29) is 211 Å². The fourth-order valence-corrected chi connectivity index (χ4v) is 0. The van der Waals surface area contributed by atoms with Crippen molar-refractivity contribution < 1.29 is 5.48 Å². The van der Waals surface area contributed by atoms with Gasteiger partial charge in [-0.2, -0.15) is 0 Å². The molecular weight excluding hydrogens is 172 g/mol. The number of rotatable bonds is 0. The minimum absolute atomic E-state index is 0. The molecule has 0 aromatic heterocycles. The van der Waals surface area contributed by atoms with Crippen LogP contribution in [0.3, 0.4) is 0 Å². The first-order chi connectivity index (χ1) is 0. The largest absolute Gasteiger partial charge is 0.412 e. The Kier molecular flexibility index (Phi) is 135. The molecule has 0 saturated carbocycles. The van der Waals surface area contributed by atoms with E-state index in [4.69, 9.17) is 0 Å². The van der Waals surface area contributed by atoms with Gasteiger partial charge in [0.2, 0.25) is 0 Å². The van der Waals surface area contributed by atoms with Crippen LogP contribution < -0.4 is 0 Å². The van der Waals surface area contributed by atoms with Crippen molar-refractivity contribution in [2.75, 3.05) is 0 Å². The van der Waals surface area contributed by atoms with E-state index in [1.165, 1.54) is 0 Å². The summed E-state index contributed by atoms with van der Waals surface area (Å²) in [7, 11) is 0. The van der Waals surface area contributed by atoms with Gasteiger partial charge in [0.05, 0.1) is 0 Å². The van der Waals surface area contributed by atoms with E-state index in [1.54, 1.807) is 0 Å². The monoisotopic (exact) mass is 174 g/mol. The van der Waals surface area contributed by atoms with Crippen LogP contribution in [0, 0.1) is 0 Å². The minimum atomic E-state index is 0. The molecule has 0 spiro atoms. The second-order valence-corrected chi connectivity index (χ2v) is 0. The average molecular weight is 174 g/mol. The van der Waals surface area contributed by atoms with Gasteiger partial charge in [0.25, 0.3) is 0 Å². The molecule has 0 fully saturated rings. The maximum atomic E-state index is 0. The van der Waals surface area contributed by atoms with Crippen LogP contribution >= 0.6 is 0 Å². The van der Waals surface area contributed by atoms with E-state index in [9.17, 15) is 0 Å². The SMILES string of the molecule is O.[K].[K].[K].[K]. The molecule has 2 N–H and O–H groups in total. The van der Waals surface area contributed by atoms with Crippen molar-refractivity contribution in [3.63, 3.8) is 0 Å². The van der Waals surface area contributed by atoms with E-state index < -0.39 is 0 Å². The zero-order chi connectivity index (χ0) is 0. The maximum absolute atomic E-state index is 0. The third-order valence-electron chi connectivity index (χ3n) is 0. The molecule has 0 aliphatic rings. The molecule has 0 amide bonds. The molecule has 0 aliphatic carbocycles. The second-order valence-electron chi connectivity index (χ2n) is 0. The third kappa shape index (κ3) is 18.0. The molecule has 1 nitrogen and oxygen atoms in total. The Morgan fingerprint density at radius 2 is 0.400 bits per heavy atom. The fraction of sp³-hybridized carbons (Fsp3) is 0. The van der Waals surface area contributed by atoms with Crippen molar-refractivity contribution in [2.24, 2.45) is 0 Å². The van der Waals surface area contributed by atoms with Gasteiger partial charge in [-0.05, 0) is 0 Å². The summed E-state index contributed by atoms with van der Waals surface area (Å²) in [4.78, 5) is 0. The quantitative estimate of drug-likeness (QED) is 0.369. The molecule has 0 aromatic rings. The van der Waals surface area contributed by atoms with Crippen LogP contribution in [0.25, 0.3) is 0 Å². The molecule has 0 unspecified atom stereocenters. The first-order valence-electron chi connectivity index (χ1n) is 0. The van der Waals surface area contributed by atoms with Gasteiger partial charge >= 0.3 is 0 Å². The normalized spacial score (nSPS) is 0. The molecule has 0 rings (SSSR count). The van der Waals surface area contributed by atoms with Gasteiger partial charge < -0.3 is 5.48 Å². The molecule has 0 heterocycles. The Labute approximate surface area is 203 Å². The van der Waals surface area contributed by atoms with Gasteiger partial charge in [-0.1, -0.05) is 0 Å². The molecule has 5 heteroatoms. The summed E-state index contributed by atoms with van der Waals surface area (Å²) in [6, 6.07) is 0. The predicted octanol–water partition coefficient (Wildman–Crippen LogP) is -2.35. The smallest absolute Gasteiger partial charge is 0 e. The summed E-state index contributed by atoms with van der Waals surface area (Å²) < 4.78 is 0. The minimum Gasteiger partial charge on any atom is -0.412 e. The zero-order valence-corrected chi connectivity index (χ0v) is 17.0. The van der Waals surface area contributed by atoms with Crippen molar-refractivity contribution >= 4 is 206 Å². The van der Waals surface area contributed by atoms with Crippen molar-refractivity contribution in [3.05, 3.63) is 0 Å². The number of hydrogen-bond acceptors (Lipinski definition) is 0. The van der Waals surface area contributed by atoms with Crippen molar-refractivity contribution in [1.29, 1.82) is 0 Å². The standard InChI is InChI=1S/4K.H2O/h;;;;1H2. The summed E-state index contributed by atoms with van der Waals surface area (Å²) >= 11 is 0. The van der Waals surface area contributed by atoms with Gasteiger partial charge in [-0.3, -0.25) is 0 Å². The Bertz CT molecular complexity index is 3.61. The van der Waals surface area contributed by atoms with E-state index in [2.05, 4.69) is 0 Å².